The summed E-state index contributed by atoms with van der Waals surface area (Å²) in [5.74, 6) is -0.0462. The van der Waals surface area contributed by atoms with Crippen LogP contribution < -0.4 is 10.3 Å². The Labute approximate surface area is 157 Å². The largest absolute Gasteiger partial charge is 0.331 e. The first kappa shape index (κ1) is 18.7. The average Bonchev–Trinajstić information content (AvgIpc) is 2.70. The monoisotopic (exact) mass is 367 g/mol. The summed E-state index contributed by atoms with van der Waals surface area (Å²) in [6.45, 7) is 2.62. The predicted molar refractivity (Wildman–Crippen MR) is 102 cm³/mol. The van der Waals surface area contributed by atoms with E-state index in [0.717, 1.165) is 43.6 Å². The van der Waals surface area contributed by atoms with E-state index in [9.17, 15) is 14.9 Å². The molecule has 2 N–H and O–H groups in total. The summed E-state index contributed by atoms with van der Waals surface area (Å²) in [6, 6.07) is 16.3. The zero-order valence-electron chi connectivity index (χ0n) is 15.0. The van der Waals surface area contributed by atoms with E-state index in [1.54, 1.807) is 18.3 Å². The van der Waals surface area contributed by atoms with E-state index in [1.807, 2.05) is 42.5 Å². The van der Waals surface area contributed by atoms with Crippen molar-refractivity contribution in [1.29, 1.82) is 0 Å². The van der Waals surface area contributed by atoms with Crippen LogP contribution in [0.25, 0.3) is 0 Å². The summed E-state index contributed by atoms with van der Waals surface area (Å²) in [4.78, 5) is 24.0. The number of hydrazone groups is 1. The van der Waals surface area contributed by atoms with Crippen LogP contribution in [0.1, 0.15) is 24.0 Å². The summed E-state index contributed by atoms with van der Waals surface area (Å²) in [5.41, 5.74) is 4.77. The van der Waals surface area contributed by atoms with E-state index in [0.29, 0.717) is 0 Å². The second-order valence-electron chi connectivity index (χ2n) is 6.77. The van der Waals surface area contributed by atoms with Crippen molar-refractivity contribution in [2.75, 3.05) is 13.1 Å². The van der Waals surface area contributed by atoms with Gasteiger partial charge in [-0.25, -0.2) is 5.43 Å². The zero-order valence-corrected chi connectivity index (χ0v) is 15.0. The topological polar surface area (TPSA) is 89.0 Å². The number of quaternary nitrogens is 1. The van der Waals surface area contributed by atoms with Gasteiger partial charge in [-0.15, -0.1) is 0 Å². The van der Waals surface area contributed by atoms with Crippen LogP contribution in [-0.2, 0) is 11.3 Å². The van der Waals surface area contributed by atoms with Crippen LogP contribution in [0, 0.1) is 16.0 Å². The van der Waals surface area contributed by atoms with Gasteiger partial charge in [-0.05, 0) is 17.7 Å². The molecule has 0 aliphatic carbocycles. The molecular formula is C20H23N4O3+. The average molecular weight is 367 g/mol. The summed E-state index contributed by atoms with van der Waals surface area (Å²) in [5, 5.41) is 14.7. The highest BCUT2D eigenvalue weighted by molar-refractivity contribution is 5.83. The Morgan fingerprint density at radius 1 is 1.15 bits per heavy atom. The highest BCUT2D eigenvalue weighted by Crippen LogP contribution is 2.13. The molecule has 0 unspecified atom stereocenters. The Hall–Kier alpha value is -3.06. The Morgan fingerprint density at radius 3 is 2.44 bits per heavy atom. The molecule has 3 rings (SSSR count). The molecule has 1 aliphatic rings. The molecule has 7 heteroatoms. The van der Waals surface area contributed by atoms with Crippen LogP contribution in [0.15, 0.2) is 59.7 Å². The molecule has 0 atom stereocenters. The third-order valence-corrected chi connectivity index (χ3v) is 4.85. The molecule has 0 saturated carbocycles. The smallest absolute Gasteiger partial charge is 0.269 e. The van der Waals surface area contributed by atoms with E-state index in [2.05, 4.69) is 10.5 Å². The van der Waals surface area contributed by atoms with Crippen LogP contribution in [0.3, 0.4) is 0 Å². The van der Waals surface area contributed by atoms with Crippen LogP contribution >= 0.6 is 0 Å². The Balaban J connectivity index is 1.43. The van der Waals surface area contributed by atoms with Gasteiger partial charge in [-0.2, -0.15) is 5.10 Å². The number of non-ortho nitro benzene ring substituents is 1. The maximum absolute atomic E-state index is 12.3. The van der Waals surface area contributed by atoms with E-state index >= 15 is 0 Å². The maximum Gasteiger partial charge on any atom is 0.269 e. The summed E-state index contributed by atoms with van der Waals surface area (Å²) < 4.78 is 0. The number of nitro benzene ring substituents is 1. The number of benzene rings is 2. The van der Waals surface area contributed by atoms with Crippen molar-refractivity contribution in [3.63, 3.8) is 0 Å². The molecule has 0 radical (unpaired) electrons. The van der Waals surface area contributed by atoms with Crippen LogP contribution in [0.4, 0.5) is 5.69 Å². The predicted octanol–water partition coefficient (Wildman–Crippen LogP) is 1.54. The summed E-state index contributed by atoms with van der Waals surface area (Å²) in [7, 11) is 0. The molecule has 1 fully saturated rings. The fourth-order valence-electron chi connectivity index (χ4n) is 3.29. The van der Waals surface area contributed by atoms with Crippen molar-refractivity contribution >= 4 is 17.8 Å². The molecule has 27 heavy (non-hydrogen) atoms. The lowest BCUT2D eigenvalue weighted by molar-refractivity contribution is -0.919. The molecule has 140 valence electrons. The fourth-order valence-corrected chi connectivity index (χ4v) is 3.29. The first-order chi connectivity index (χ1) is 13.1. The molecule has 0 bridgehead atoms. The Kier molecular flexibility index (Phi) is 6.27. The normalized spacial score (nSPS) is 19.7. The zero-order chi connectivity index (χ0) is 19.1. The molecule has 1 saturated heterocycles. The van der Waals surface area contributed by atoms with Crippen LogP contribution in [0.5, 0.6) is 0 Å². The summed E-state index contributed by atoms with van der Waals surface area (Å²) in [6.07, 6.45) is 3.27. The quantitative estimate of drug-likeness (QED) is 0.461. The highest BCUT2D eigenvalue weighted by atomic mass is 16.6. The lowest BCUT2D eigenvalue weighted by atomic mass is 9.96. The van der Waals surface area contributed by atoms with Gasteiger partial charge in [0.05, 0.1) is 30.1 Å². The fraction of sp³-hybridized carbons (Fsp3) is 0.300. The maximum atomic E-state index is 12.3. The number of nitrogens with zero attached hydrogens (tertiary/aromatic N) is 2. The first-order valence-corrected chi connectivity index (χ1v) is 9.06. The van der Waals surface area contributed by atoms with E-state index in [1.165, 1.54) is 4.90 Å². The van der Waals surface area contributed by atoms with Crippen LogP contribution in [-0.4, -0.2) is 30.1 Å². The number of hydrogen-bond acceptors (Lipinski definition) is 4. The van der Waals surface area contributed by atoms with Gasteiger partial charge in [0.15, 0.2) is 0 Å². The molecule has 7 nitrogen and oxygen atoms in total. The van der Waals surface area contributed by atoms with Crippen LogP contribution in [0.2, 0.25) is 0 Å². The molecule has 2 aromatic carbocycles. The number of carbonyl (C=O) groups is 1. The van der Waals surface area contributed by atoms with Gasteiger partial charge in [-0.1, -0.05) is 30.3 Å². The molecule has 0 spiro atoms. The summed E-state index contributed by atoms with van der Waals surface area (Å²) >= 11 is 0. The minimum absolute atomic E-state index is 0.0152. The standard InChI is InChI=1S/C20H22N4O3/c25-20(22-21-14-16-4-2-1-3-5-16)18-10-12-23(13-11-18)15-17-6-8-19(9-7-17)24(26)27/h1-9,14,18H,10-13,15H2,(H,22,25)/p+1/b21-14-. The molecule has 1 aliphatic heterocycles. The van der Waals surface area contributed by atoms with Gasteiger partial charge in [0.25, 0.3) is 5.69 Å². The van der Waals surface area contributed by atoms with Gasteiger partial charge in [-0.3, -0.25) is 14.9 Å². The van der Waals surface area contributed by atoms with E-state index in [4.69, 9.17) is 0 Å². The molecule has 1 heterocycles. The first-order valence-electron chi connectivity index (χ1n) is 9.06. The number of piperidine rings is 1. The van der Waals surface area contributed by atoms with Gasteiger partial charge < -0.3 is 4.90 Å². The second-order valence-corrected chi connectivity index (χ2v) is 6.77. The molecule has 2 aromatic rings. The number of likely N-dealkylation sites (tertiary alicyclic amines) is 1. The number of hydrogen-bond donors (Lipinski definition) is 2. The van der Waals surface area contributed by atoms with Gasteiger partial charge >= 0.3 is 0 Å². The molecule has 1 amide bonds. The third kappa shape index (κ3) is 5.46. The minimum Gasteiger partial charge on any atom is -0.331 e. The van der Waals surface area contributed by atoms with Crippen molar-refractivity contribution in [1.82, 2.24) is 5.43 Å². The third-order valence-electron chi connectivity index (χ3n) is 4.85. The number of nitrogens with one attached hydrogen (secondary N) is 2. The van der Waals surface area contributed by atoms with Crippen molar-refractivity contribution < 1.29 is 14.6 Å². The van der Waals surface area contributed by atoms with Crippen molar-refractivity contribution in [3.8, 4) is 0 Å². The highest BCUT2D eigenvalue weighted by Gasteiger charge is 2.27. The lowest BCUT2D eigenvalue weighted by Gasteiger charge is -2.28. The van der Waals surface area contributed by atoms with Crippen molar-refractivity contribution in [2.24, 2.45) is 11.0 Å². The Bertz CT molecular complexity index is 798. The molecule has 0 aromatic heterocycles. The van der Waals surface area contributed by atoms with E-state index < -0.39 is 0 Å². The van der Waals surface area contributed by atoms with E-state index in [-0.39, 0.29) is 22.4 Å². The van der Waals surface area contributed by atoms with Crippen molar-refractivity contribution in [3.05, 3.63) is 75.8 Å². The Morgan fingerprint density at radius 2 is 1.81 bits per heavy atom. The van der Waals surface area contributed by atoms with Gasteiger partial charge in [0, 0.05) is 30.5 Å². The second kappa shape index (κ2) is 9.05. The lowest BCUT2D eigenvalue weighted by Crippen LogP contribution is -3.11. The number of rotatable bonds is 6. The van der Waals surface area contributed by atoms with Crippen molar-refractivity contribution in [2.45, 2.75) is 19.4 Å². The minimum atomic E-state index is -0.388. The molecular weight excluding hydrogens is 344 g/mol. The SMILES string of the molecule is O=C(N/N=C\c1ccccc1)C1CC[NH+](Cc2ccc([N+](=O)[O-])cc2)CC1. The number of carbonyl (C=O) groups excluding carboxylic acids is 1. The number of nitro groups is 1. The van der Waals surface area contributed by atoms with Gasteiger partial charge in [0.1, 0.15) is 6.54 Å². The van der Waals surface area contributed by atoms with Gasteiger partial charge in [0.2, 0.25) is 5.91 Å². The number of amides is 1.